The molecule has 1 aliphatic heterocycles. The second-order valence-corrected chi connectivity index (χ2v) is 5.78. The van der Waals surface area contributed by atoms with Gasteiger partial charge >= 0.3 is 0 Å². The normalized spacial score (nSPS) is 22.8. The van der Waals surface area contributed by atoms with Crippen LogP contribution in [0.25, 0.3) is 0 Å². The molecule has 6 nitrogen and oxygen atoms in total. The molecule has 2 fully saturated rings. The van der Waals surface area contributed by atoms with Crippen LogP contribution in [0.2, 0.25) is 0 Å². The minimum absolute atomic E-state index is 0.00147. The highest BCUT2D eigenvalue weighted by Crippen LogP contribution is 2.58. The quantitative estimate of drug-likeness (QED) is 0.660. The average molecular weight is 293 g/mol. The molecule has 0 radical (unpaired) electrons. The van der Waals surface area contributed by atoms with Crippen LogP contribution in [0.5, 0.6) is 0 Å². The Morgan fingerprint density at radius 1 is 1.43 bits per heavy atom. The minimum Gasteiger partial charge on any atom is -0.323 e. The van der Waals surface area contributed by atoms with Gasteiger partial charge in [0.05, 0.1) is 16.7 Å². The van der Waals surface area contributed by atoms with Crippen molar-refractivity contribution >= 4 is 17.3 Å². The van der Waals surface area contributed by atoms with Crippen LogP contribution in [0.4, 0.5) is 15.8 Å². The van der Waals surface area contributed by atoms with Gasteiger partial charge < -0.3 is 10.6 Å². The minimum atomic E-state index is -0.780. The van der Waals surface area contributed by atoms with Gasteiger partial charge in [-0.1, -0.05) is 0 Å². The zero-order valence-electron chi connectivity index (χ0n) is 11.4. The van der Waals surface area contributed by atoms with E-state index in [2.05, 4.69) is 10.6 Å². The topological polar surface area (TPSA) is 84.3 Å². The molecule has 7 heteroatoms. The second kappa shape index (κ2) is 5.07. The van der Waals surface area contributed by atoms with Gasteiger partial charge in [-0.15, -0.1) is 0 Å². The molecular formula is C14H16FN3O3. The third-order valence-corrected chi connectivity index (χ3v) is 4.53. The zero-order valence-corrected chi connectivity index (χ0v) is 11.4. The van der Waals surface area contributed by atoms with E-state index in [0.29, 0.717) is 0 Å². The van der Waals surface area contributed by atoms with Crippen molar-refractivity contribution in [3.05, 3.63) is 34.1 Å². The van der Waals surface area contributed by atoms with E-state index in [1.54, 1.807) is 0 Å². The molecule has 0 bridgehead atoms. The van der Waals surface area contributed by atoms with Gasteiger partial charge in [0, 0.05) is 12.0 Å². The SMILES string of the molecule is O=C(Nc1ccc([N+](=O)[O-])cc1F)C1CC12CCNCC2. The average Bonchev–Trinajstić information content (AvgIpc) is 3.15. The fraction of sp³-hybridized carbons (Fsp3) is 0.500. The fourth-order valence-corrected chi connectivity index (χ4v) is 3.13. The van der Waals surface area contributed by atoms with Crippen LogP contribution in [-0.2, 0) is 4.79 Å². The summed E-state index contributed by atoms with van der Waals surface area (Å²) in [6.07, 6.45) is 2.77. The highest BCUT2D eigenvalue weighted by Gasteiger charge is 2.57. The Kier molecular flexibility index (Phi) is 3.36. The highest BCUT2D eigenvalue weighted by atomic mass is 19.1. The lowest BCUT2D eigenvalue weighted by Crippen LogP contribution is -2.31. The van der Waals surface area contributed by atoms with E-state index >= 15 is 0 Å². The van der Waals surface area contributed by atoms with E-state index in [0.717, 1.165) is 38.4 Å². The van der Waals surface area contributed by atoms with Gasteiger partial charge in [0.25, 0.3) is 5.69 Å². The number of nitro groups is 1. The number of nitrogens with one attached hydrogen (secondary N) is 2. The molecule has 1 saturated carbocycles. The van der Waals surface area contributed by atoms with E-state index in [1.807, 2.05) is 0 Å². The van der Waals surface area contributed by atoms with Gasteiger partial charge in [0.1, 0.15) is 0 Å². The third kappa shape index (κ3) is 2.61. The summed E-state index contributed by atoms with van der Waals surface area (Å²) in [6, 6.07) is 3.25. The molecule has 1 aliphatic carbocycles. The summed E-state index contributed by atoms with van der Waals surface area (Å²) in [5.74, 6) is -1.04. The van der Waals surface area contributed by atoms with Crippen molar-refractivity contribution in [3.63, 3.8) is 0 Å². The number of benzene rings is 1. The summed E-state index contributed by atoms with van der Waals surface area (Å²) < 4.78 is 13.8. The fourth-order valence-electron chi connectivity index (χ4n) is 3.13. The summed E-state index contributed by atoms with van der Waals surface area (Å²) >= 11 is 0. The zero-order chi connectivity index (χ0) is 15.0. The number of carbonyl (C=O) groups excluding carboxylic acids is 1. The molecule has 1 atom stereocenters. The van der Waals surface area contributed by atoms with Gasteiger partial charge in [0.2, 0.25) is 5.91 Å². The van der Waals surface area contributed by atoms with Crippen molar-refractivity contribution in [1.29, 1.82) is 0 Å². The molecule has 1 unspecified atom stereocenters. The van der Waals surface area contributed by atoms with Crippen molar-refractivity contribution < 1.29 is 14.1 Å². The van der Waals surface area contributed by atoms with Crippen LogP contribution in [-0.4, -0.2) is 23.9 Å². The first-order valence-electron chi connectivity index (χ1n) is 6.97. The molecule has 2 aliphatic rings. The third-order valence-electron chi connectivity index (χ3n) is 4.53. The Morgan fingerprint density at radius 3 is 2.76 bits per heavy atom. The van der Waals surface area contributed by atoms with Gasteiger partial charge in [-0.05, 0) is 43.8 Å². The first-order valence-corrected chi connectivity index (χ1v) is 6.97. The summed E-state index contributed by atoms with van der Waals surface area (Å²) in [7, 11) is 0. The van der Waals surface area contributed by atoms with Crippen LogP contribution >= 0.6 is 0 Å². The number of non-ortho nitro benzene ring substituents is 1. The first-order chi connectivity index (χ1) is 10.0. The predicted molar refractivity (Wildman–Crippen MR) is 74.3 cm³/mol. The smallest absolute Gasteiger partial charge is 0.272 e. The summed E-state index contributed by atoms with van der Waals surface area (Å²) in [5, 5.41) is 16.4. The van der Waals surface area contributed by atoms with Crippen LogP contribution in [0.3, 0.4) is 0 Å². The number of rotatable bonds is 3. The number of nitro benzene ring substituents is 1. The molecule has 21 heavy (non-hydrogen) atoms. The lowest BCUT2D eigenvalue weighted by atomic mass is 9.92. The first kappa shape index (κ1) is 13.9. The Bertz CT molecular complexity index is 599. The number of nitrogens with zero attached hydrogens (tertiary/aromatic N) is 1. The summed E-state index contributed by atoms with van der Waals surface area (Å²) in [5.41, 5.74) is -0.250. The molecule has 0 aromatic heterocycles. The maximum absolute atomic E-state index is 13.8. The van der Waals surface area contributed by atoms with Crippen LogP contribution in [0.1, 0.15) is 19.3 Å². The number of piperidine rings is 1. The maximum atomic E-state index is 13.8. The molecule has 1 heterocycles. The van der Waals surface area contributed by atoms with Gasteiger partial charge in [-0.3, -0.25) is 14.9 Å². The highest BCUT2D eigenvalue weighted by molar-refractivity contribution is 5.95. The lowest BCUT2D eigenvalue weighted by molar-refractivity contribution is -0.385. The largest absolute Gasteiger partial charge is 0.323 e. The van der Waals surface area contributed by atoms with Crippen molar-refractivity contribution in [3.8, 4) is 0 Å². The number of anilines is 1. The number of carbonyl (C=O) groups is 1. The molecule has 2 N–H and O–H groups in total. The van der Waals surface area contributed by atoms with Gasteiger partial charge in [0.15, 0.2) is 5.82 Å². The molecule has 1 amide bonds. The van der Waals surface area contributed by atoms with Crippen LogP contribution in [0, 0.1) is 27.3 Å². The number of amides is 1. The molecular weight excluding hydrogens is 277 g/mol. The van der Waals surface area contributed by atoms with E-state index in [4.69, 9.17) is 0 Å². The van der Waals surface area contributed by atoms with Crippen LogP contribution in [0.15, 0.2) is 18.2 Å². The monoisotopic (exact) mass is 293 g/mol. The molecule has 112 valence electrons. The maximum Gasteiger partial charge on any atom is 0.272 e. The second-order valence-electron chi connectivity index (χ2n) is 5.78. The van der Waals surface area contributed by atoms with E-state index < -0.39 is 10.7 Å². The number of hydrogen-bond donors (Lipinski definition) is 2. The number of halogens is 1. The van der Waals surface area contributed by atoms with Crippen molar-refractivity contribution in [2.75, 3.05) is 18.4 Å². The molecule has 1 aromatic rings. The molecule has 1 saturated heterocycles. The Hall–Kier alpha value is -2.02. The van der Waals surface area contributed by atoms with Gasteiger partial charge in [-0.25, -0.2) is 4.39 Å². The predicted octanol–water partition coefficient (Wildman–Crippen LogP) is 2.06. The lowest BCUT2D eigenvalue weighted by Gasteiger charge is -2.23. The van der Waals surface area contributed by atoms with E-state index in [-0.39, 0.29) is 28.6 Å². The van der Waals surface area contributed by atoms with Gasteiger partial charge in [-0.2, -0.15) is 0 Å². The van der Waals surface area contributed by atoms with E-state index in [1.165, 1.54) is 12.1 Å². The standard InChI is InChI=1S/C14H16FN3O3/c15-11-7-9(18(20)21)1-2-12(11)17-13(19)10-8-14(10)3-5-16-6-4-14/h1-2,7,10,16H,3-6,8H2,(H,17,19). The Morgan fingerprint density at radius 2 is 2.14 bits per heavy atom. The Labute approximate surface area is 120 Å². The van der Waals surface area contributed by atoms with E-state index in [9.17, 15) is 19.3 Å². The molecule has 1 spiro atoms. The summed E-state index contributed by atoms with van der Waals surface area (Å²) in [6.45, 7) is 1.82. The molecule has 3 rings (SSSR count). The van der Waals surface area contributed by atoms with Crippen molar-refractivity contribution in [2.45, 2.75) is 19.3 Å². The Balaban J connectivity index is 1.67. The summed E-state index contributed by atoms with van der Waals surface area (Å²) in [4.78, 5) is 22.1. The molecule has 1 aromatic carbocycles. The van der Waals surface area contributed by atoms with Crippen LogP contribution < -0.4 is 10.6 Å². The number of hydrogen-bond acceptors (Lipinski definition) is 4. The van der Waals surface area contributed by atoms with Crippen molar-refractivity contribution in [1.82, 2.24) is 5.32 Å². The van der Waals surface area contributed by atoms with Crippen molar-refractivity contribution in [2.24, 2.45) is 11.3 Å².